The van der Waals surface area contributed by atoms with Crippen molar-refractivity contribution in [3.05, 3.63) is 35.6 Å². The van der Waals surface area contributed by atoms with Crippen LogP contribution in [-0.4, -0.2) is 19.9 Å². The van der Waals surface area contributed by atoms with E-state index in [0.29, 0.717) is 6.42 Å². The molecule has 0 spiro atoms. The summed E-state index contributed by atoms with van der Waals surface area (Å²) in [5.74, 6) is -0.461. The van der Waals surface area contributed by atoms with Crippen molar-refractivity contribution in [3.8, 4) is 0 Å². The molecule has 0 aliphatic rings. The first kappa shape index (κ1) is 13.1. The summed E-state index contributed by atoms with van der Waals surface area (Å²) in [4.78, 5) is 0. The van der Waals surface area contributed by atoms with Gasteiger partial charge in [0.1, 0.15) is 5.82 Å². The van der Waals surface area contributed by atoms with E-state index in [1.165, 1.54) is 12.1 Å². The minimum atomic E-state index is -3.27. The Kier molecular flexibility index (Phi) is 4.04. The van der Waals surface area contributed by atoms with Crippen molar-refractivity contribution >= 4 is 9.84 Å². The predicted molar refractivity (Wildman–Crippen MR) is 62.3 cm³/mol. The monoisotopic (exact) mass is 245 g/mol. The van der Waals surface area contributed by atoms with Gasteiger partial charge in [-0.15, -0.1) is 0 Å². The average molecular weight is 245 g/mol. The fraction of sp³-hybridized carbons (Fsp3) is 0.455. The molecule has 1 aromatic carbocycles. The van der Waals surface area contributed by atoms with Crippen molar-refractivity contribution in [1.29, 1.82) is 0 Å². The summed E-state index contributed by atoms with van der Waals surface area (Å²) in [7, 11) is -3.27. The van der Waals surface area contributed by atoms with Gasteiger partial charge < -0.3 is 5.73 Å². The zero-order valence-electron chi connectivity index (χ0n) is 9.35. The highest BCUT2D eigenvalue weighted by Crippen LogP contribution is 2.23. The fourth-order valence-electron chi connectivity index (χ4n) is 1.77. The van der Waals surface area contributed by atoms with E-state index < -0.39 is 26.9 Å². The highest BCUT2D eigenvalue weighted by atomic mass is 32.2. The Morgan fingerprint density at radius 2 is 1.94 bits per heavy atom. The standard InChI is InChI=1S/C11H16FNO2S/c1-3-10(16(2,14)15)11(13)8-6-4-5-7-9(8)12/h4-7,10-11H,3,13H2,1-2H3/t10-,11-/m0/s1. The SMILES string of the molecule is CC[C@@H]([C@@H](N)c1ccccc1F)S(C)(=O)=O. The normalized spacial score (nSPS) is 15.8. The lowest BCUT2D eigenvalue weighted by molar-refractivity contribution is 0.532. The molecule has 1 aromatic rings. The largest absolute Gasteiger partial charge is 0.323 e. The minimum absolute atomic E-state index is 0.250. The van der Waals surface area contributed by atoms with Crippen LogP contribution in [0.25, 0.3) is 0 Å². The van der Waals surface area contributed by atoms with E-state index in [9.17, 15) is 12.8 Å². The first-order valence-electron chi connectivity index (χ1n) is 5.06. The average Bonchev–Trinajstić information content (AvgIpc) is 2.17. The number of nitrogens with two attached hydrogens (primary N) is 1. The van der Waals surface area contributed by atoms with Crippen LogP contribution < -0.4 is 5.73 Å². The van der Waals surface area contributed by atoms with Crippen LogP contribution in [0.4, 0.5) is 4.39 Å². The number of hydrogen-bond acceptors (Lipinski definition) is 3. The number of hydrogen-bond donors (Lipinski definition) is 1. The van der Waals surface area contributed by atoms with Crippen molar-refractivity contribution in [2.24, 2.45) is 5.73 Å². The fourth-order valence-corrected chi connectivity index (χ4v) is 3.05. The van der Waals surface area contributed by atoms with Crippen LogP contribution in [0, 0.1) is 5.82 Å². The third-order valence-corrected chi connectivity index (χ3v) is 4.34. The number of halogens is 1. The highest BCUT2D eigenvalue weighted by molar-refractivity contribution is 7.91. The van der Waals surface area contributed by atoms with Gasteiger partial charge in [-0.3, -0.25) is 0 Å². The van der Waals surface area contributed by atoms with E-state index in [2.05, 4.69) is 0 Å². The van der Waals surface area contributed by atoms with Crippen LogP contribution in [-0.2, 0) is 9.84 Å². The van der Waals surface area contributed by atoms with Gasteiger partial charge in [0.25, 0.3) is 0 Å². The van der Waals surface area contributed by atoms with Gasteiger partial charge in [-0.1, -0.05) is 25.1 Å². The Labute approximate surface area is 95.4 Å². The Morgan fingerprint density at radius 3 is 2.38 bits per heavy atom. The maximum Gasteiger partial charge on any atom is 0.152 e. The van der Waals surface area contributed by atoms with Crippen LogP contribution in [0.1, 0.15) is 24.9 Å². The van der Waals surface area contributed by atoms with Crippen LogP contribution in [0.5, 0.6) is 0 Å². The Hall–Kier alpha value is -0.940. The summed E-state index contributed by atoms with van der Waals surface area (Å²) in [6, 6.07) is 5.18. The van der Waals surface area contributed by atoms with Crippen molar-refractivity contribution in [1.82, 2.24) is 0 Å². The van der Waals surface area contributed by atoms with Gasteiger partial charge in [0.15, 0.2) is 9.84 Å². The Morgan fingerprint density at radius 1 is 1.38 bits per heavy atom. The topological polar surface area (TPSA) is 60.2 Å². The first-order valence-corrected chi connectivity index (χ1v) is 7.02. The number of benzene rings is 1. The second-order valence-electron chi connectivity index (χ2n) is 3.82. The van der Waals surface area contributed by atoms with Crippen LogP contribution in [0.15, 0.2) is 24.3 Å². The molecule has 1 rings (SSSR count). The molecule has 0 aromatic heterocycles. The molecule has 5 heteroatoms. The van der Waals surface area contributed by atoms with E-state index in [1.807, 2.05) is 0 Å². The van der Waals surface area contributed by atoms with Gasteiger partial charge in [-0.2, -0.15) is 0 Å². The predicted octanol–water partition coefficient (Wildman–Crippen LogP) is 1.65. The lowest BCUT2D eigenvalue weighted by Gasteiger charge is -2.21. The second kappa shape index (κ2) is 4.93. The maximum atomic E-state index is 13.5. The molecule has 0 fully saturated rings. The molecule has 0 bridgehead atoms. The van der Waals surface area contributed by atoms with Crippen molar-refractivity contribution in [2.75, 3.05) is 6.26 Å². The number of rotatable bonds is 4. The third kappa shape index (κ3) is 2.80. The summed E-state index contributed by atoms with van der Waals surface area (Å²) in [6.45, 7) is 1.73. The van der Waals surface area contributed by atoms with Crippen molar-refractivity contribution in [2.45, 2.75) is 24.6 Å². The highest BCUT2D eigenvalue weighted by Gasteiger charge is 2.28. The lowest BCUT2D eigenvalue weighted by atomic mass is 10.0. The molecule has 3 nitrogen and oxygen atoms in total. The molecule has 0 amide bonds. The molecule has 90 valence electrons. The maximum absolute atomic E-state index is 13.5. The van der Waals surface area contributed by atoms with Crippen LogP contribution in [0.3, 0.4) is 0 Å². The van der Waals surface area contributed by atoms with E-state index >= 15 is 0 Å². The van der Waals surface area contributed by atoms with Gasteiger partial charge in [-0.05, 0) is 12.5 Å². The first-order chi connectivity index (χ1) is 7.38. The molecule has 2 N–H and O–H groups in total. The Balaban J connectivity index is 3.10. The van der Waals surface area contributed by atoms with Crippen molar-refractivity contribution < 1.29 is 12.8 Å². The van der Waals surface area contributed by atoms with Gasteiger partial charge in [-0.25, -0.2) is 12.8 Å². The Bertz CT molecular complexity index is 459. The summed E-state index contributed by atoms with van der Waals surface area (Å²) in [5.41, 5.74) is 6.07. The van der Waals surface area contributed by atoms with Gasteiger partial charge in [0, 0.05) is 17.9 Å². The van der Waals surface area contributed by atoms with E-state index in [-0.39, 0.29) is 5.56 Å². The zero-order chi connectivity index (χ0) is 12.3. The molecular formula is C11H16FNO2S. The van der Waals surface area contributed by atoms with E-state index in [1.54, 1.807) is 19.1 Å². The lowest BCUT2D eigenvalue weighted by Crippen LogP contribution is -2.33. The van der Waals surface area contributed by atoms with Gasteiger partial charge in [0.05, 0.1) is 5.25 Å². The summed E-state index contributed by atoms with van der Waals surface area (Å²) in [5, 5.41) is -0.746. The molecule has 0 aliphatic heterocycles. The zero-order valence-corrected chi connectivity index (χ0v) is 10.2. The molecule has 0 aliphatic carbocycles. The summed E-state index contributed by atoms with van der Waals surface area (Å²) in [6.07, 6.45) is 1.50. The summed E-state index contributed by atoms with van der Waals surface area (Å²) >= 11 is 0. The van der Waals surface area contributed by atoms with Crippen molar-refractivity contribution in [3.63, 3.8) is 0 Å². The number of sulfone groups is 1. The molecule has 0 saturated heterocycles. The second-order valence-corrected chi connectivity index (χ2v) is 6.09. The molecular weight excluding hydrogens is 229 g/mol. The molecule has 16 heavy (non-hydrogen) atoms. The quantitative estimate of drug-likeness (QED) is 0.877. The van der Waals surface area contributed by atoms with Gasteiger partial charge >= 0.3 is 0 Å². The molecule has 0 heterocycles. The van der Waals surface area contributed by atoms with E-state index in [4.69, 9.17) is 5.73 Å². The molecule has 0 unspecified atom stereocenters. The van der Waals surface area contributed by atoms with Crippen LogP contribution in [0.2, 0.25) is 0 Å². The third-order valence-electron chi connectivity index (χ3n) is 2.62. The molecule has 0 radical (unpaired) electrons. The van der Waals surface area contributed by atoms with Crippen LogP contribution >= 0.6 is 0 Å². The molecule has 0 saturated carbocycles. The molecule has 2 atom stereocenters. The van der Waals surface area contributed by atoms with Gasteiger partial charge in [0.2, 0.25) is 0 Å². The minimum Gasteiger partial charge on any atom is -0.323 e. The van der Waals surface area contributed by atoms with E-state index in [0.717, 1.165) is 6.26 Å². The summed E-state index contributed by atoms with van der Waals surface area (Å²) < 4.78 is 36.4. The smallest absolute Gasteiger partial charge is 0.152 e.